The van der Waals surface area contributed by atoms with Crippen molar-refractivity contribution in [1.29, 1.82) is 0 Å². The van der Waals surface area contributed by atoms with Crippen LogP contribution in [0.5, 0.6) is 0 Å². The molecule has 0 radical (unpaired) electrons. The molecule has 1 heterocycles. The number of benzene rings is 3. The molecule has 1 N–H and O–H groups in total. The summed E-state index contributed by atoms with van der Waals surface area (Å²) in [5.74, 6) is 1.03. The van der Waals surface area contributed by atoms with Crippen LogP contribution in [0.4, 0.5) is 0 Å². The van der Waals surface area contributed by atoms with Crippen molar-refractivity contribution in [1.82, 2.24) is 4.90 Å². The molecule has 176 valence electrons. The zero-order chi connectivity index (χ0) is 24.1. The van der Waals surface area contributed by atoms with E-state index < -0.39 is 6.10 Å². The van der Waals surface area contributed by atoms with E-state index in [-0.39, 0.29) is 0 Å². The summed E-state index contributed by atoms with van der Waals surface area (Å²) >= 11 is 0. The lowest BCUT2D eigenvalue weighted by Crippen LogP contribution is -2.39. The van der Waals surface area contributed by atoms with Crippen molar-refractivity contribution < 1.29 is 5.11 Å². The topological polar surface area (TPSA) is 23.5 Å². The Morgan fingerprint density at radius 2 is 1.15 bits per heavy atom. The average Bonchev–Trinajstić information content (AvgIpc) is 2.83. The molecule has 2 heteroatoms. The molecule has 0 aromatic heterocycles. The van der Waals surface area contributed by atoms with Crippen LogP contribution in [-0.2, 0) is 6.54 Å². The maximum atomic E-state index is 11.4. The van der Waals surface area contributed by atoms with Crippen molar-refractivity contribution in [2.24, 2.45) is 0 Å². The summed E-state index contributed by atoms with van der Waals surface area (Å²) in [6.45, 7) is 11.2. The average molecular weight is 452 g/mol. The van der Waals surface area contributed by atoms with E-state index in [1.165, 1.54) is 16.7 Å². The van der Waals surface area contributed by atoms with Gasteiger partial charge in [0.1, 0.15) is 0 Å². The molecule has 3 aromatic carbocycles. The third kappa shape index (κ3) is 6.14. The van der Waals surface area contributed by atoms with Crippen molar-refractivity contribution in [2.45, 2.75) is 52.2 Å². The minimum absolute atomic E-state index is 0.514. The Hall–Kier alpha value is -2.94. The summed E-state index contributed by atoms with van der Waals surface area (Å²) < 4.78 is 0. The summed E-state index contributed by atoms with van der Waals surface area (Å²) in [6.07, 6.45) is 3.77. The Balaban J connectivity index is 1.64. The molecule has 1 fully saturated rings. The third-order valence-electron chi connectivity index (χ3n) is 6.67. The SMILES string of the molecule is CC(C)c1ccc(/C=C2\CN(Cc3ccccc3)C/C(=C\c3ccc(C(C)C)cc3)C2O)cc1. The number of rotatable bonds is 6. The van der Waals surface area contributed by atoms with Crippen molar-refractivity contribution in [3.63, 3.8) is 0 Å². The van der Waals surface area contributed by atoms with Gasteiger partial charge in [0.25, 0.3) is 0 Å². The molecule has 0 saturated carbocycles. The van der Waals surface area contributed by atoms with Gasteiger partial charge in [0.2, 0.25) is 0 Å². The van der Waals surface area contributed by atoms with Crippen LogP contribution in [-0.4, -0.2) is 29.2 Å². The highest BCUT2D eigenvalue weighted by atomic mass is 16.3. The molecule has 1 aliphatic heterocycles. The number of piperidine rings is 1. The highest BCUT2D eigenvalue weighted by Gasteiger charge is 2.26. The molecule has 0 spiro atoms. The molecule has 1 aliphatic rings. The zero-order valence-corrected chi connectivity index (χ0v) is 20.9. The van der Waals surface area contributed by atoms with Gasteiger partial charge in [-0.15, -0.1) is 0 Å². The molecular formula is C32H37NO. The van der Waals surface area contributed by atoms with E-state index in [1.54, 1.807) is 0 Å². The predicted octanol–water partition coefficient (Wildman–Crippen LogP) is 7.28. The summed E-state index contributed by atoms with van der Waals surface area (Å²) in [5, 5.41) is 11.4. The van der Waals surface area contributed by atoms with Gasteiger partial charge in [-0.2, -0.15) is 0 Å². The van der Waals surface area contributed by atoms with Crippen LogP contribution in [0.3, 0.4) is 0 Å². The summed E-state index contributed by atoms with van der Waals surface area (Å²) in [6, 6.07) is 28.0. The van der Waals surface area contributed by atoms with E-state index in [2.05, 4.69) is 124 Å². The van der Waals surface area contributed by atoms with Gasteiger partial charge >= 0.3 is 0 Å². The van der Waals surface area contributed by atoms with Gasteiger partial charge in [0, 0.05) is 19.6 Å². The smallest absolute Gasteiger partial charge is 0.0992 e. The van der Waals surface area contributed by atoms with E-state index in [4.69, 9.17) is 0 Å². The van der Waals surface area contributed by atoms with Crippen LogP contribution in [0.2, 0.25) is 0 Å². The highest BCUT2D eigenvalue weighted by Crippen LogP contribution is 2.28. The fraction of sp³-hybridized carbons (Fsp3) is 0.312. The maximum absolute atomic E-state index is 11.4. The summed E-state index contributed by atoms with van der Waals surface area (Å²) in [5.41, 5.74) is 8.33. The van der Waals surface area contributed by atoms with Crippen LogP contribution in [0, 0.1) is 0 Å². The lowest BCUT2D eigenvalue weighted by atomic mass is 9.91. The molecule has 0 aliphatic carbocycles. The molecule has 3 aromatic rings. The molecular weight excluding hydrogens is 414 g/mol. The van der Waals surface area contributed by atoms with Gasteiger partial charge in [0.05, 0.1) is 6.10 Å². The van der Waals surface area contributed by atoms with E-state index in [9.17, 15) is 5.11 Å². The van der Waals surface area contributed by atoms with E-state index >= 15 is 0 Å². The Morgan fingerprint density at radius 3 is 1.56 bits per heavy atom. The van der Waals surface area contributed by atoms with Gasteiger partial charge in [-0.05, 0) is 50.8 Å². The predicted molar refractivity (Wildman–Crippen MR) is 145 cm³/mol. The quantitative estimate of drug-likeness (QED) is 0.426. The monoisotopic (exact) mass is 451 g/mol. The molecule has 0 unspecified atom stereocenters. The second kappa shape index (κ2) is 11.0. The van der Waals surface area contributed by atoms with Crippen molar-refractivity contribution in [3.8, 4) is 0 Å². The molecule has 0 amide bonds. The number of likely N-dealkylation sites (tertiary alicyclic amines) is 1. The second-order valence-electron chi connectivity index (χ2n) is 10.1. The summed E-state index contributed by atoms with van der Waals surface area (Å²) in [7, 11) is 0. The van der Waals surface area contributed by atoms with Crippen LogP contribution in [0.1, 0.15) is 67.3 Å². The number of hydrogen-bond donors (Lipinski definition) is 1. The second-order valence-corrected chi connectivity index (χ2v) is 10.1. The molecule has 2 nitrogen and oxygen atoms in total. The van der Waals surface area contributed by atoms with Crippen LogP contribution >= 0.6 is 0 Å². The van der Waals surface area contributed by atoms with Gasteiger partial charge in [-0.25, -0.2) is 0 Å². The van der Waals surface area contributed by atoms with E-state index in [0.29, 0.717) is 11.8 Å². The molecule has 1 saturated heterocycles. The molecule has 0 bridgehead atoms. The number of nitrogens with zero attached hydrogens (tertiary/aromatic N) is 1. The van der Waals surface area contributed by atoms with Gasteiger partial charge < -0.3 is 5.11 Å². The van der Waals surface area contributed by atoms with Gasteiger partial charge in [0.15, 0.2) is 0 Å². The Morgan fingerprint density at radius 1 is 0.706 bits per heavy atom. The van der Waals surface area contributed by atoms with Gasteiger partial charge in [-0.1, -0.05) is 119 Å². The number of aliphatic hydroxyl groups is 1. The fourth-order valence-corrected chi connectivity index (χ4v) is 4.57. The number of aliphatic hydroxyl groups excluding tert-OH is 1. The lowest BCUT2D eigenvalue weighted by Gasteiger charge is -2.34. The third-order valence-corrected chi connectivity index (χ3v) is 6.67. The van der Waals surface area contributed by atoms with E-state index in [0.717, 1.165) is 41.9 Å². The highest BCUT2D eigenvalue weighted by molar-refractivity contribution is 5.62. The van der Waals surface area contributed by atoms with Crippen LogP contribution < -0.4 is 0 Å². The van der Waals surface area contributed by atoms with Crippen LogP contribution in [0.25, 0.3) is 12.2 Å². The Labute approximate surface area is 205 Å². The van der Waals surface area contributed by atoms with Crippen molar-refractivity contribution >= 4 is 12.2 Å². The Kier molecular flexibility index (Phi) is 7.82. The first-order chi connectivity index (χ1) is 16.4. The van der Waals surface area contributed by atoms with E-state index in [1.807, 2.05) is 0 Å². The molecule has 0 atom stereocenters. The summed E-state index contributed by atoms with van der Waals surface area (Å²) in [4.78, 5) is 2.42. The normalized spacial score (nSPS) is 17.9. The molecule has 4 rings (SSSR count). The first-order valence-corrected chi connectivity index (χ1v) is 12.4. The van der Waals surface area contributed by atoms with Crippen molar-refractivity contribution in [2.75, 3.05) is 13.1 Å². The number of hydrogen-bond acceptors (Lipinski definition) is 2. The van der Waals surface area contributed by atoms with Gasteiger partial charge in [-0.3, -0.25) is 4.90 Å². The standard InChI is InChI=1S/C32H37NO/c1-23(2)28-14-10-25(11-15-28)18-30-21-33(20-27-8-6-5-7-9-27)22-31(32(30)34)19-26-12-16-29(17-13-26)24(3)4/h5-19,23-24,32,34H,20-22H2,1-4H3/b30-18+,31-19+. The Bertz CT molecular complexity index is 1050. The minimum atomic E-state index is -0.568. The first-order valence-electron chi connectivity index (χ1n) is 12.4. The largest absolute Gasteiger partial charge is 0.384 e. The minimum Gasteiger partial charge on any atom is -0.384 e. The maximum Gasteiger partial charge on any atom is 0.0992 e. The lowest BCUT2D eigenvalue weighted by molar-refractivity contribution is 0.180. The van der Waals surface area contributed by atoms with Crippen molar-refractivity contribution in [3.05, 3.63) is 118 Å². The zero-order valence-electron chi connectivity index (χ0n) is 20.9. The fourth-order valence-electron chi connectivity index (χ4n) is 4.57. The molecule has 34 heavy (non-hydrogen) atoms. The first kappa shape index (κ1) is 24.2. The van der Waals surface area contributed by atoms with Crippen LogP contribution in [0.15, 0.2) is 90.0 Å².